The number of carbonyl (C=O) groups excluding carboxylic acids is 1. The van der Waals surface area contributed by atoms with Gasteiger partial charge in [0, 0.05) is 19.3 Å². The van der Waals surface area contributed by atoms with Gasteiger partial charge in [-0.25, -0.2) is 4.39 Å². The number of benzene rings is 1. The van der Waals surface area contributed by atoms with Crippen LogP contribution in [0.1, 0.15) is 25.3 Å². The minimum atomic E-state index is -0.382. The molecule has 0 saturated heterocycles. The molecule has 0 unspecified atom stereocenters. The Bertz CT molecular complexity index is 503. The van der Waals surface area contributed by atoms with Gasteiger partial charge >= 0.3 is 0 Å². The van der Waals surface area contributed by atoms with Gasteiger partial charge in [0.25, 0.3) is 5.91 Å². The van der Waals surface area contributed by atoms with Crippen LogP contribution in [0.5, 0.6) is 0 Å². The molecule has 1 aromatic rings. The molecule has 0 heterocycles. The third-order valence-electron chi connectivity index (χ3n) is 2.65. The smallest absolute Gasteiger partial charge is 0.263 e. The number of halogens is 1. The van der Waals surface area contributed by atoms with E-state index in [2.05, 4.69) is 10.6 Å². The van der Waals surface area contributed by atoms with Crippen molar-refractivity contribution in [2.45, 2.75) is 26.3 Å². The second-order valence-electron chi connectivity index (χ2n) is 4.29. The third-order valence-corrected chi connectivity index (χ3v) is 2.65. The zero-order chi connectivity index (χ0) is 14.8. The quantitative estimate of drug-likeness (QED) is 0.455. The topological polar surface area (TPSA) is 64.9 Å². The van der Waals surface area contributed by atoms with Gasteiger partial charge in [-0.05, 0) is 24.1 Å². The van der Waals surface area contributed by atoms with E-state index in [1.165, 1.54) is 18.3 Å². The van der Waals surface area contributed by atoms with Crippen LogP contribution < -0.4 is 10.6 Å². The highest BCUT2D eigenvalue weighted by atomic mass is 19.1. The molecule has 1 amide bonds. The predicted octanol–water partition coefficient (Wildman–Crippen LogP) is 2.24. The van der Waals surface area contributed by atoms with Crippen molar-refractivity contribution in [1.82, 2.24) is 10.6 Å². The molecule has 0 aliphatic rings. The summed E-state index contributed by atoms with van der Waals surface area (Å²) in [6.45, 7) is 3.01. The molecule has 0 aliphatic carbocycles. The maximum atomic E-state index is 12.7. The largest absolute Gasteiger partial charge is 0.386 e. The lowest BCUT2D eigenvalue weighted by atomic mass is 10.2. The summed E-state index contributed by atoms with van der Waals surface area (Å²) in [6, 6.07) is 7.86. The highest BCUT2D eigenvalue weighted by Gasteiger charge is 2.07. The fourth-order valence-corrected chi connectivity index (χ4v) is 1.50. The Labute approximate surface area is 118 Å². The number of nitriles is 1. The van der Waals surface area contributed by atoms with Gasteiger partial charge in [0.2, 0.25) is 0 Å². The van der Waals surface area contributed by atoms with Gasteiger partial charge in [0.1, 0.15) is 17.5 Å². The lowest BCUT2D eigenvalue weighted by Gasteiger charge is -2.04. The van der Waals surface area contributed by atoms with Crippen molar-refractivity contribution in [3.05, 3.63) is 47.4 Å². The monoisotopic (exact) mass is 275 g/mol. The second-order valence-corrected chi connectivity index (χ2v) is 4.29. The van der Waals surface area contributed by atoms with E-state index in [0.29, 0.717) is 13.1 Å². The molecule has 4 nitrogen and oxygen atoms in total. The zero-order valence-corrected chi connectivity index (χ0v) is 11.4. The zero-order valence-electron chi connectivity index (χ0n) is 11.4. The van der Waals surface area contributed by atoms with E-state index in [1.54, 1.807) is 12.1 Å². The van der Waals surface area contributed by atoms with Crippen LogP contribution in [0, 0.1) is 17.1 Å². The van der Waals surface area contributed by atoms with Gasteiger partial charge in [-0.3, -0.25) is 4.79 Å². The number of unbranched alkanes of at least 4 members (excludes halogenated alkanes) is 1. The summed E-state index contributed by atoms with van der Waals surface area (Å²) < 4.78 is 12.7. The summed E-state index contributed by atoms with van der Waals surface area (Å²) in [5.41, 5.74) is 0.898. The van der Waals surface area contributed by atoms with Gasteiger partial charge in [-0.2, -0.15) is 5.26 Å². The van der Waals surface area contributed by atoms with Crippen molar-refractivity contribution in [1.29, 1.82) is 5.26 Å². The van der Waals surface area contributed by atoms with E-state index in [4.69, 9.17) is 5.26 Å². The average Bonchev–Trinajstić information content (AvgIpc) is 2.45. The van der Waals surface area contributed by atoms with Crippen molar-refractivity contribution in [3.8, 4) is 6.07 Å². The van der Waals surface area contributed by atoms with Crippen molar-refractivity contribution in [2.75, 3.05) is 6.54 Å². The number of nitrogens with one attached hydrogen (secondary N) is 2. The first kappa shape index (κ1) is 15.7. The van der Waals surface area contributed by atoms with Crippen LogP contribution in [0.2, 0.25) is 0 Å². The standard InChI is InChI=1S/C15H18FN3O/c1-2-3-8-19-15(20)13(9-17)11-18-10-12-4-6-14(16)7-5-12/h4-7,11,18H,2-3,8,10H2,1H3,(H,19,20)/b13-11-. The number of hydrogen-bond acceptors (Lipinski definition) is 3. The number of nitrogens with zero attached hydrogens (tertiary/aromatic N) is 1. The van der Waals surface area contributed by atoms with Gasteiger partial charge in [0.05, 0.1) is 0 Å². The molecule has 5 heteroatoms. The second kappa shape index (κ2) is 8.70. The molecular weight excluding hydrogens is 257 g/mol. The molecule has 0 bridgehead atoms. The predicted molar refractivity (Wildman–Crippen MR) is 74.9 cm³/mol. The minimum Gasteiger partial charge on any atom is -0.386 e. The molecule has 2 N–H and O–H groups in total. The van der Waals surface area contributed by atoms with Gasteiger partial charge in [-0.1, -0.05) is 25.5 Å². The molecule has 106 valence electrons. The maximum absolute atomic E-state index is 12.7. The van der Waals surface area contributed by atoms with Gasteiger partial charge in [-0.15, -0.1) is 0 Å². The summed E-state index contributed by atoms with van der Waals surface area (Å²) in [6.07, 6.45) is 3.24. The van der Waals surface area contributed by atoms with Crippen LogP contribution in [0.15, 0.2) is 36.0 Å². The average molecular weight is 275 g/mol. The summed E-state index contributed by atoms with van der Waals surface area (Å²) in [5, 5.41) is 14.5. The molecule has 0 aromatic heterocycles. The molecule has 20 heavy (non-hydrogen) atoms. The Balaban J connectivity index is 2.47. The fraction of sp³-hybridized carbons (Fsp3) is 0.333. The van der Waals surface area contributed by atoms with E-state index in [1.807, 2.05) is 13.0 Å². The van der Waals surface area contributed by atoms with Crippen LogP contribution >= 0.6 is 0 Å². The number of carbonyl (C=O) groups is 1. The van der Waals surface area contributed by atoms with Gasteiger partial charge in [0.15, 0.2) is 0 Å². The van der Waals surface area contributed by atoms with E-state index in [0.717, 1.165) is 18.4 Å². The number of hydrogen-bond donors (Lipinski definition) is 2. The fourth-order valence-electron chi connectivity index (χ4n) is 1.50. The first-order valence-corrected chi connectivity index (χ1v) is 6.53. The maximum Gasteiger partial charge on any atom is 0.263 e. The Hall–Kier alpha value is -2.35. The Morgan fingerprint density at radius 1 is 1.40 bits per heavy atom. The third kappa shape index (κ3) is 5.53. The summed E-state index contributed by atoms with van der Waals surface area (Å²) >= 11 is 0. The highest BCUT2D eigenvalue weighted by Crippen LogP contribution is 2.02. The summed E-state index contributed by atoms with van der Waals surface area (Å²) in [7, 11) is 0. The molecule has 0 saturated carbocycles. The summed E-state index contributed by atoms with van der Waals surface area (Å²) in [5.74, 6) is -0.676. The SMILES string of the molecule is CCCCNC(=O)/C(C#N)=C\NCc1ccc(F)cc1. The lowest BCUT2D eigenvalue weighted by Crippen LogP contribution is -2.26. The summed E-state index contributed by atoms with van der Waals surface area (Å²) in [4.78, 5) is 11.6. The van der Waals surface area contributed by atoms with Crippen LogP contribution in [0.4, 0.5) is 4.39 Å². The Morgan fingerprint density at radius 2 is 2.10 bits per heavy atom. The Morgan fingerprint density at radius 3 is 2.70 bits per heavy atom. The molecular formula is C15H18FN3O. The van der Waals surface area contributed by atoms with Crippen LogP contribution in [0.25, 0.3) is 0 Å². The minimum absolute atomic E-state index is 0.0308. The van der Waals surface area contributed by atoms with Gasteiger partial charge < -0.3 is 10.6 Å². The first-order chi connectivity index (χ1) is 9.67. The number of rotatable bonds is 7. The highest BCUT2D eigenvalue weighted by molar-refractivity contribution is 5.97. The van der Waals surface area contributed by atoms with Crippen molar-refractivity contribution < 1.29 is 9.18 Å². The molecule has 1 rings (SSSR count). The van der Waals surface area contributed by atoms with Crippen LogP contribution in [-0.4, -0.2) is 12.5 Å². The molecule has 0 atom stereocenters. The molecule has 1 aromatic carbocycles. The Kier molecular flexibility index (Phi) is 6.83. The number of amides is 1. The normalized spacial score (nSPS) is 10.8. The first-order valence-electron chi connectivity index (χ1n) is 6.53. The van der Waals surface area contributed by atoms with E-state index >= 15 is 0 Å². The van der Waals surface area contributed by atoms with Crippen LogP contribution in [0.3, 0.4) is 0 Å². The molecule has 0 radical (unpaired) electrons. The van der Waals surface area contributed by atoms with Crippen molar-refractivity contribution >= 4 is 5.91 Å². The van der Waals surface area contributed by atoms with E-state index in [-0.39, 0.29) is 17.3 Å². The molecule has 0 fully saturated rings. The van der Waals surface area contributed by atoms with Crippen molar-refractivity contribution in [2.24, 2.45) is 0 Å². The van der Waals surface area contributed by atoms with E-state index in [9.17, 15) is 9.18 Å². The van der Waals surface area contributed by atoms with Crippen LogP contribution in [-0.2, 0) is 11.3 Å². The molecule has 0 aliphatic heterocycles. The van der Waals surface area contributed by atoms with E-state index < -0.39 is 0 Å². The molecule has 0 spiro atoms. The lowest BCUT2D eigenvalue weighted by molar-refractivity contribution is -0.117. The van der Waals surface area contributed by atoms with Crippen molar-refractivity contribution in [3.63, 3.8) is 0 Å².